The maximum atomic E-state index is 5.75. The molecular formula is C18H30ClN3. The van der Waals surface area contributed by atoms with E-state index >= 15 is 0 Å². The minimum atomic E-state index is 0.284. The number of nitrogens with zero attached hydrogens (tertiary/aromatic N) is 3. The predicted molar refractivity (Wildman–Crippen MR) is 99.0 cm³/mol. The van der Waals surface area contributed by atoms with Gasteiger partial charge in [0.05, 0.1) is 5.67 Å². The number of rotatable bonds is 7. The molecule has 22 heavy (non-hydrogen) atoms. The highest BCUT2D eigenvalue weighted by Gasteiger charge is 2.39. The number of hydrogen-bond donors (Lipinski definition) is 0. The predicted octanol–water partition coefficient (Wildman–Crippen LogP) is 5.03. The summed E-state index contributed by atoms with van der Waals surface area (Å²) < 4.78 is 0. The van der Waals surface area contributed by atoms with Crippen LogP contribution in [-0.4, -0.2) is 35.5 Å². The molecule has 1 fully saturated rings. The second kappa shape index (κ2) is 8.52. The summed E-state index contributed by atoms with van der Waals surface area (Å²) in [5.41, 5.74) is 3.55. The van der Waals surface area contributed by atoms with Gasteiger partial charge in [0.25, 0.3) is 0 Å². The Morgan fingerprint density at radius 2 is 2.05 bits per heavy atom. The van der Waals surface area contributed by atoms with Crippen LogP contribution in [0.15, 0.2) is 33.9 Å². The summed E-state index contributed by atoms with van der Waals surface area (Å²) in [5.74, 6) is 0.959. The third-order valence-corrected chi connectivity index (χ3v) is 4.51. The molecule has 1 heterocycles. The summed E-state index contributed by atoms with van der Waals surface area (Å²) in [5, 5.41) is 0. The molecule has 124 valence electrons. The Bertz CT molecular complexity index is 471. The first-order valence-corrected chi connectivity index (χ1v) is 8.63. The molecule has 0 aromatic carbocycles. The number of allylic oxidation sites excluding steroid dienone is 2. The van der Waals surface area contributed by atoms with Crippen LogP contribution in [0.25, 0.3) is 0 Å². The van der Waals surface area contributed by atoms with Crippen molar-refractivity contribution in [1.29, 1.82) is 0 Å². The first-order chi connectivity index (χ1) is 10.4. The number of halogens is 1. The average molecular weight is 324 g/mol. The smallest absolute Gasteiger partial charge is 0.150 e. The van der Waals surface area contributed by atoms with Gasteiger partial charge in [0.1, 0.15) is 5.70 Å². The van der Waals surface area contributed by atoms with E-state index < -0.39 is 0 Å². The molecule has 0 saturated carbocycles. The molecule has 1 rings (SSSR count). The number of hydrogen-bond acceptors (Lipinski definition) is 2. The zero-order valence-corrected chi connectivity index (χ0v) is 15.5. The third-order valence-electron chi connectivity index (χ3n) is 4.42. The van der Waals surface area contributed by atoms with Gasteiger partial charge in [-0.25, -0.2) is 4.99 Å². The highest BCUT2D eigenvalue weighted by atomic mass is 35.5. The van der Waals surface area contributed by atoms with Crippen molar-refractivity contribution in [3.05, 3.63) is 23.9 Å². The van der Waals surface area contributed by atoms with Crippen molar-refractivity contribution in [2.45, 2.75) is 59.9 Å². The van der Waals surface area contributed by atoms with Gasteiger partial charge in [0, 0.05) is 24.5 Å². The molecule has 1 aliphatic heterocycles. The first kappa shape index (κ1) is 19.0. The minimum absolute atomic E-state index is 0.284. The standard InChI is InChI=1S/C18H30ClN3/c1-7-10-15(5)21-17(16(20-13-19)14(4)8-2)22-11-18(6,9-3)12-22/h8,13,15H,2,7,9-12H2,1,3-6H3/b16-14-,20-13?,21-17?. The summed E-state index contributed by atoms with van der Waals surface area (Å²) in [4.78, 5) is 11.6. The van der Waals surface area contributed by atoms with Crippen molar-refractivity contribution in [2.75, 3.05) is 13.1 Å². The van der Waals surface area contributed by atoms with E-state index in [2.05, 4.69) is 44.2 Å². The van der Waals surface area contributed by atoms with Gasteiger partial charge in [-0.2, -0.15) is 0 Å². The lowest BCUT2D eigenvalue weighted by molar-refractivity contribution is 0.0741. The van der Waals surface area contributed by atoms with Crippen molar-refractivity contribution in [1.82, 2.24) is 4.90 Å². The highest BCUT2D eigenvalue weighted by Crippen LogP contribution is 2.35. The molecule has 4 heteroatoms. The van der Waals surface area contributed by atoms with Gasteiger partial charge in [0.15, 0.2) is 5.84 Å². The average Bonchev–Trinajstić information content (AvgIpc) is 2.47. The summed E-state index contributed by atoms with van der Waals surface area (Å²) in [6.45, 7) is 16.8. The van der Waals surface area contributed by atoms with E-state index in [9.17, 15) is 0 Å². The third kappa shape index (κ3) is 4.70. The van der Waals surface area contributed by atoms with Crippen LogP contribution in [0.3, 0.4) is 0 Å². The minimum Gasteiger partial charge on any atom is -0.354 e. The van der Waals surface area contributed by atoms with Crippen molar-refractivity contribution in [3.63, 3.8) is 0 Å². The Morgan fingerprint density at radius 1 is 1.41 bits per heavy atom. The molecule has 0 amide bonds. The number of aliphatic imine (C=N–C) groups is 2. The zero-order valence-electron chi connectivity index (χ0n) is 14.7. The Balaban J connectivity index is 3.15. The molecule has 0 bridgehead atoms. The monoisotopic (exact) mass is 323 g/mol. The SMILES string of the molecule is C=C/C(C)=C(\N=CCl)C(=NC(C)CCC)N1CC(C)(CC)C1. The molecule has 3 nitrogen and oxygen atoms in total. The molecule has 1 atom stereocenters. The fourth-order valence-corrected chi connectivity index (χ4v) is 2.81. The summed E-state index contributed by atoms with van der Waals surface area (Å²) in [6, 6.07) is 0.284. The van der Waals surface area contributed by atoms with E-state index in [0.717, 1.165) is 43.0 Å². The van der Waals surface area contributed by atoms with Crippen LogP contribution < -0.4 is 0 Å². The van der Waals surface area contributed by atoms with Crippen LogP contribution in [0.1, 0.15) is 53.9 Å². The molecule has 0 radical (unpaired) electrons. The van der Waals surface area contributed by atoms with Gasteiger partial charge in [-0.15, -0.1) is 0 Å². The lowest BCUT2D eigenvalue weighted by atomic mass is 9.79. The van der Waals surface area contributed by atoms with Crippen molar-refractivity contribution >= 4 is 23.1 Å². The molecule has 1 unspecified atom stereocenters. The van der Waals surface area contributed by atoms with E-state index in [1.807, 2.05) is 13.0 Å². The Labute approximate surface area is 140 Å². The zero-order chi connectivity index (χ0) is 16.8. The van der Waals surface area contributed by atoms with Crippen LogP contribution in [-0.2, 0) is 0 Å². The molecule has 0 aromatic rings. The van der Waals surface area contributed by atoms with Gasteiger partial charge < -0.3 is 4.90 Å². The van der Waals surface area contributed by atoms with Gasteiger partial charge in [-0.3, -0.25) is 4.99 Å². The Morgan fingerprint density at radius 3 is 2.50 bits per heavy atom. The molecule has 1 aliphatic rings. The fourth-order valence-electron chi connectivity index (χ4n) is 2.71. The molecule has 1 saturated heterocycles. The topological polar surface area (TPSA) is 28.0 Å². The second-order valence-electron chi connectivity index (χ2n) is 6.57. The van der Waals surface area contributed by atoms with E-state index in [1.54, 1.807) is 0 Å². The summed E-state index contributed by atoms with van der Waals surface area (Å²) in [7, 11) is 0. The van der Waals surface area contributed by atoms with E-state index in [-0.39, 0.29) is 6.04 Å². The molecule has 0 spiro atoms. The van der Waals surface area contributed by atoms with Gasteiger partial charge in [0.2, 0.25) is 0 Å². The molecule has 0 aromatic heterocycles. The fraction of sp³-hybridized carbons (Fsp3) is 0.667. The Hall–Kier alpha value is -1.09. The van der Waals surface area contributed by atoms with Crippen LogP contribution >= 0.6 is 11.6 Å². The summed E-state index contributed by atoms with van der Waals surface area (Å²) in [6.07, 6.45) is 5.20. The van der Waals surface area contributed by atoms with E-state index in [4.69, 9.17) is 16.6 Å². The molecule has 0 aliphatic carbocycles. The van der Waals surface area contributed by atoms with Crippen LogP contribution in [0.5, 0.6) is 0 Å². The van der Waals surface area contributed by atoms with Crippen molar-refractivity contribution in [2.24, 2.45) is 15.4 Å². The van der Waals surface area contributed by atoms with Gasteiger partial charge >= 0.3 is 0 Å². The molecule has 0 N–H and O–H groups in total. The maximum Gasteiger partial charge on any atom is 0.150 e. The maximum absolute atomic E-state index is 5.75. The van der Waals surface area contributed by atoms with E-state index in [1.165, 1.54) is 12.1 Å². The van der Waals surface area contributed by atoms with Crippen molar-refractivity contribution < 1.29 is 0 Å². The normalized spacial score (nSPS) is 20.6. The van der Waals surface area contributed by atoms with Crippen LogP contribution in [0.4, 0.5) is 0 Å². The number of likely N-dealkylation sites (tertiary alicyclic amines) is 1. The number of amidine groups is 1. The lowest BCUT2D eigenvalue weighted by Crippen LogP contribution is -2.57. The first-order valence-electron chi connectivity index (χ1n) is 8.20. The van der Waals surface area contributed by atoms with Gasteiger partial charge in [-0.05, 0) is 32.3 Å². The largest absolute Gasteiger partial charge is 0.354 e. The van der Waals surface area contributed by atoms with Gasteiger partial charge in [-0.1, -0.05) is 51.4 Å². The summed E-state index contributed by atoms with van der Waals surface area (Å²) >= 11 is 5.75. The molecular weight excluding hydrogens is 294 g/mol. The van der Waals surface area contributed by atoms with Crippen LogP contribution in [0.2, 0.25) is 0 Å². The highest BCUT2D eigenvalue weighted by molar-refractivity contribution is 6.56. The Kier molecular flexibility index (Phi) is 7.34. The lowest BCUT2D eigenvalue weighted by Gasteiger charge is -2.49. The van der Waals surface area contributed by atoms with Crippen molar-refractivity contribution in [3.8, 4) is 0 Å². The second-order valence-corrected chi connectivity index (χ2v) is 6.77. The van der Waals surface area contributed by atoms with Crippen LogP contribution in [0, 0.1) is 5.41 Å². The quantitative estimate of drug-likeness (QED) is 0.367. The van der Waals surface area contributed by atoms with E-state index in [0.29, 0.717) is 5.41 Å².